The van der Waals surface area contributed by atoms with Gasteiger partial charge >= 0.3 is 0 Å². The molecule has 0 fully saturated rings. The van der Waals surface area contributed by atoms with Gasteiger partial charge in [0.05, 0.1) is 0 Å². The minimum Gasteiger partial charge on any atom is -0.438 e. The van der Waals surface area contributed by atoms with Crippen LogP contribution in [0.3, 0.4) is 0 Å². The Morgan fingerprint density at radius 3 is 2.45 bits per heavy atom. The maximum Gasteiger partial charge on any atom is 0.238 e. The van der Waals surface area contributed by atoms with Crippen LogP contribution in [0.4, 0.5) is 0 Å². The minimum absolute atomic E-state index is 0.173. The average molecular weight is 355 g/mol. The van der Waals surface area contributed by atoms with Crippen molar-refractivity contribution in [2.75, 3.05) is 0 Å². The maximum atomic E-state index is 6.09. The van der Waals surface area contributed by atoms with Crippen LogP contribution in [0.15, 0.2) is 41.0 Å². The molecule has 2 rings (SSSR count). The molecule has 1 aromatic heterocycles. The Morgan fingerprint density at radius 2 is 1.90 bits per heavy atom. The fourth-order valence-electron chi connectivity index (χ4n) is 1.77. The molecule has 0 aliphatic heterocycles. The van der Waals surface area contributed by atoms with Crippen molar-refractivity contribution in [3.05, 3.63) is 51.6 Å². The van der Waals surface area contributed by atoms with Crippen molar-refractivity contribution in [2.24, 2.45) is 0 Å². The predicted molar refractivity (Wildman–Crippen MR) is 86.8 cm³/mol. The van der Waals surface area contributed by atoms with Gasteiger partial charge in [-0.3, -0.25) is 0 Å². The molecule has 0 bridgehead atoms. The molecule has 2 nitrogen and oxygen atoms in total. The minimum atomic E-state index is 0.173. The molecule has 0 amide bonds. The number of aromatic nitrogens is 1. The first-order chi connectivity index (χ1) is 9.42. The van der Waals surface area contributed by atoms with Gasteiger partial charge in [0.1, 0.15) is 10.8 Å². The third kappa shape index (κ3) is 3.53. The molecule has 0 radical (unpaired) electrons. The summed E-state index contributed by atoms with van der Waals surface area (Å²) in [6, 6.07) is 9.84. The topological polar surface area (TPSA) is 22.1 Å². The molecule has 20 heavy (non-hydrogen) atoms. The first kappa shape index (κ1) is 15.3. The van der Waals surface area contributed by atoms with Crippen molar-refractivity contribution in [3.63, 3.8) is 0 Å². The number of pyridine rings is 1. The van der Waals surface area contributed by atoms with Crippen molar-refractivity contribution in [1.82, 2.24) is 4.98 Å². The standard InChI is InChI=1S/C16H17BrClNO/c1-4-16(2,3)11-5-7-13(8-6-11)20-15-14(18)9-12(17)10-19-15/h5-10H,4H2,1-3H3. The van der Waals surface area contributed by atoms with Gasteiger partial charge in [-0.2, -0.15) is 0 Å². The van der Waals surface area contributed by atoms with Crippen LogP contribution in [0.25, 0.3) is 0 Å². The summed E-state index contributed by atoms with van der Waals surface area (Å²) in [4.78, 5) is 4.16. The molecule has 106 valence electrons. The smallest absolute Gasteiger partial charge is 0.238 e. The highest BCUT2D eigenvalue weighted by Gasteiger charge is 2.17. The largest absolute Gasteiger partial charge is 0.438 e. The Balaban J connectivity index is 2.19. The van der Waals surface area contributed by atoms with Gasteiger partial charge in [-0.25, -0.2) is 4.98 Å². The monoisotopic (exact) mass is 353 g/mol. The molecule has 1 aromatic carbocycles. The van der Waals surface area contributed by atoms with Crippen molar-refractivity contribution < 1.29 is 4.74 Å². The van der Waals surface area contributed by atoms with Crippen LogP contribution in [0.2, 0.25) is 5.02 Å². The quantitative estimate of drug-likeness (QED) is 0.674. The lowest BCUT2D eigenvalue weighted by Crippen LogP contribution is -2.14. The lowest BCUT2D eigenvalue weighted by molar-refractivity contribution is 0.460. The SMILES string of the molecule is CCC(C)(C)c1ccc(Oc2ncc(Br)cc2Cl)cc1. The summed E-state index contributed by atoms with van der Waals surface area (Å²) in [5.41, 5.74) is 1.47. The molecule has 1 heterocycles. The second-order valence-corrected chi connectivity index (χ2v) is 6.63. The first-order valence-corrected chi connectivity index (χ1v) is 7.69. The second kappa shape index (κ2) is 6.15. The highest BCUT2D eigenvalue weighted by atomic mass is 79.9. The molecule has 0 aliphatic carbocycles. The lowest BCUT2D eigenvalue weighted by atomic mass is 9.82. The lowest BCUT2D eigenvalue weighted by Gasteiger charge is -2.23. The Bertz CT molecular complexity index is 596. The van der Waals surface area contributed by atoms with Crippen LogP contribution in [-0.4, -0.2) is 4.98 Å². The van der Waals surface area contributed by atoms with Gasteiger partial charge in [0, 0.05) is 10.7 Å². The van der Waals surface area contributed by atoms with Gasteiger partial charge in [-0.1, -0.05) is 44.5 Å². The van der Waals surface area contributed by atoms with Gasteiger partial charge in [-0.05, 0) is 51.5 Å². The summed E-state index contributed by atoms with van der Waals surface area (Å²) in [6.07, 6.45) is 2.75. The van der Waals surface area contributed by atoms with Gasteiger partial charge in [-0.15, -0.1) is 0 Å². The third-order valence-corrected chi connectivity index (χ3v) is 4.21. The summed E-state index contributed by atoms with van der Waals surface area (Å²) in [7, 11) is 0. The van der Waals surface area contributed by atoms with E-state index < -0.39 is 0 Å². The normalized spacial score (nSPS) is 11.4. The number of hydrogen-bond acceptors (Lipinski definition) is 2. The van der Waals surface area contributed by atoms with E-state index in [2.05, 4.69) is 53.8 Å². The molecular formula is C16H17BrClNO. The zero-order chi connectivity index (χ0) is 14.8. The summed E-state index contributed by atoms with van der Waals surface area (Å²) >= 11 is 9.41. The molecule has 0 spiro atoms. The molecule has 0 atom stereocenters. The van der Waals surface area contributed by atoms with Crippen LogP contribution >= 0.6 is 27.5 Å². The molecule has 0 unspecified atom stereocenters. The van der Waals surface area contributed by atoms with E-state index in [0.717, 1.165) is 16.6 Å². The molecule has 2 aromatic rings. The van der Waals surface area contributed by atoms with E-state index in [4.69, 9.17) is 16.3 Å². The van der Waals surface area contributed by atoms with E-state index in [1.165, 1.54) is 5.56 Å². The van der Waals surface area contributed by atoms with Crippen LogP contribution in [-0.2, 0) is 5.41 Å². The summed E-state index contributed by atoms with van der Waals surface area (Å²) < 4.78 is 6.53. The van der Waals surface area contributed by atoms with E-state index in [0.29, 0.717) is 10.9 Å². The number of hydrogen-bond donors (Lipinski definition) is 0. The summed E-state index contributed by atoms with van der Waals surface area (Å²) in [6.45, 7) is 6.65. The molecule has 0 aliphatic rings. The van der Waals surface area contributed by atoms with Crippen molar-refractivity contribution in [2.45, 2.75) is 32.6 Å². The molecule has 0 saturated heterocycles. The van der Waals surface area contributed by atoms with E-state index >= 15 is 0 Å². The molecule has 0 N–H and O–H groups in total. The van der Waals surface area contributed by atoms with Crippen molar-refractivity contribution >= 4 is 27.5 Å². The number of rotatable bonds is 4. The van der Waals surface area contributed by atoms with Crippen LogP contribution in [0, 0.1) is 0 Å². The van der Waals surface area contributed by atoms with Crippen LogP contribution in [0.1, 0.15) is 32.8 Å². The number of benzene rings is 1. The predicted octanol–water partition coefficient (Wildman–Crippen LogP) is 5.98. The van der Waals surface area contributed by atoms with Gasteiger partial charge in [0.15, 0.2) is 0 Å². The fourth-order valence-corrected chi connectivity index (χ4v) is 2.44. The summed E-state index contributed by atoms with van der Waals surface area (Å²) in [5, 5.41) is 0.484. The zero-order valence-corrected chi connectivity index (χ0v) is 14.1. The van der Waals surface area contributed by atoms with Crippen molar-refractivity contribution in [3.8, 4) is 11.6 Å². The molecule has 0 saturated carbocycles. The van der Waals surface area contributed by atoms with Gasteiger partial charge in [0.2, 0.25) is 5.88 Å². The number of ether oxygens (including phenoxy) is 1. The third-order valence-electron chi connectivity index (χ3n) is 3.51. The second-order valence-electron chi connectivity index (χ2n) is 5.30. The highest BCUT2D eigenvalue weighted by Crippen LogP contribution is 2.31. The van der Waals surface area contributed by atoms with E-state index in [1.54, 1.807) is 12.3 Å². The van der Waals surface area contributed by atoms with E-state index in [1.807, 2.05) is 12.1 Å². The number of halogens is 2. The van der Waals surface area contributed by atoms with E-state index in [-0.39, 0.29) is 5.41 Å². The van der Waals surface area contributed by atoms with Crippen molar-refractivity contribution in [1.29, 1.82) is 0 Å². The Kier molecular flexibility index (Phi) is 4.71. The Labute approximate surface area is 133 Å². The first-order valence-electron chi connectivity index (χ1n) is 6.52. The molecular weight excluding hydrogens is 338 g/mol. The Hall–Kier alpha value is -1.06. The van der Waals surface area contributed by atoms with Gasteiger partial charge < -0.3 is 4.74 Å². The number of nitrogens with zero attached hydrogens (tertiary/aromatic N) is 1. The van der Waals surface area contributed by atoms with Crippen LogP contribution in [0.5, 0.6) is 11.6 Å². The maximum absolute atomic E-state index is 6.09. The van der Waals surface area contributed by atoms with Gasteiger partial charge in [0.25, 0.3) is 0 Å². The fraction of sp³-hybridized carbons (Fsp3) is 0.312. The van der Waals surface area contributed by atoms with E-state index in [9.17, 15) is 0 Å². The van der Waals surface area contributed by atoms with Crippen LogP contribution < -0.4 is 4.74 Å². The average Bonchev–Trinajstić information content (AvgIpc) is 2.42. The zero-order valence-electron chi connectivity index (χ0n) is 11.8. The summed E-state index contributed by atoms with van der Waals surface area (Å²) in [5.74, 6) is 1.15. The highest BCUT2D eigenvalue weighted by molar-refractivity contribution is 9.10. The molecule has 4 heteroatoms. The Morgan fingerprint density at radius 1 is 1.25 bits per heavy atom.